The van der Waals surface area contributed by atoms with Crippen LogP contribution in [0.4, 0.5) is 0 Å². The maximum Gasteiger partial charge on any atom is -0.0230 e. The Bertz CT molecular complexity index is 295. The maximum atomic E-state index is 3.79. The van der Waals surface area contributed by atoms with Gasteiger partial charge in [0.25, 0.3) is 0 Å². The molecule has 0 N–H and O–H groups in total. The lowest BCUT2D eigenvalue weighted by Gasteiger charge is -2.07. The van der Waals surface area contributed by atoms with Crippen LogP contribution in [0.5, 0.6) is 0 Å². The maximum absolute atomic E-state index is 3.79. The highest BCUT2D eigenvalue weighted by molar-refractivity contribution is 5.54. The van der Waals surface area contributed by atoms with Crippen LogP contribution in [0.1, 0.15) is 29.2 Å². The van der Waals surface area contributed by atoms with Crippen molar-refractivity contribution in [2.75, 3.05) is 0 Å². The van der Waals surface area contributed by atoms with Crippen LogP contribution < -0.4 is 0 Å². The van der Waals surface area contributed by atoms with E-state index < -0.39 is 0 Å². The molecule has 0 heterocycles. The molecular weight excluding hydrogens is 144 g/mol. The van der Waals surface area contributed by atoms with Crippen LogP contribution in [-0.2, 0) is 6.42 Å². The van der Waals surface area contributed by atoms with Crippen LogP contribution in [0.2, 0.25) is 0 Å². The molecule has 0 aliphatic rings. The average molecular weight is 160 g/mol. The zero-order valence-corrected chi connectivity index (χ0v) is 8.15. The van der Waals surface area contributed by atoms with Gasteiger partial charge in [-0.25, -0.2) is 0 Å². The molecule has 0 aliphatic heterocycles. The SMILES string of the molecule is C=Cc1cc(C)c(CC)cc1C. The van der Waals surface area contributed by atoms with Gasteiger partial charge in [-0.1, -0.05) is 31.7 Å². The van der Waals surface area contributed by atoms with Gasteiger partial charge in [-0.05, 0) is 42.5 Å². The van der Waals surface area contributed by atoms with E-state index in [1.807, 2.05) is 6.08 Å². The third-order valence-electron chi connectivity index (χ3n) is 2.33. The molecule has 1 rings (SSSR count). The summed E-state index contributed by atoms with van der Waals surface area (Å²) in [6.45, 7) is 10.3. The lowest BCUT2D eigenvalue weighted by molar-refractivity contribution is 1.10. The van der Waals surface area contributed by atoms with E-state index in [9.17, 15) is 0 Å². The third-order valence-corrected chi connectivity index (χ3v) is 2.33. The van der Waals surface area contributed by atoms with Crippen molar-refractivity contribution in [1.82, 2.24) is 0 Å². The first-order chi connectivity index (χ1) is 5.69. The summed E-state index contributed by atoms with van der Waals surface area (Å²) < 4.78 is 0. The van der Waals surface area contributed by atoms with Gasteiger partial charge in [-0.2, -0.15) is 0 Å². The lowest BCUT2D eigenvalue weighted by atomic mass is 9.99. The minimum Gasteiger partial charge on any atom is -0.0985 e. The summed E-state index contributed by atoms with van der Waals surface area (Å²) in [5, 5.41) is 0. The number of benzene rings is 1. The first-order valence-electron chi connectivity index (χ1n) is 4.41. The van der Waals surface area contributed by atoms with Crippen molar-refractivity contribution in [1.29, 1.82) is 0 Å². The van der Waals surface area contributed by atoms with Crippen LogP contribution in [0.3, 0.4) is 0 Å². The van der Waals surface area contributed by atoms with Crippen molar-refractivity contribution in [2.24, 2.45) is 0 Å². The molecule has 1 aromatic rings. The smallest absolute Gasteiger partial charge is 0.0230 e. The van der Waals surface area contributed by atoms with E-state index >= 15 is 0 Å². The van der Waals surface area contributed by atoms with Crippen LogP contribution in [0, 0.1) is 13.8 Å². The molecule has 64 valence electrons. The summed E-state index contributed by atoms with van der Waals surface area (Å²) in [6.07, 6.45) is 3.03. The first kappa shape index (κ1) is 9.05. The van der Waals surface area contributed by atoms with Gasteiger partial charge in [0.05, 0.1) is 0 Å². The summed E-state index contributed by atoms with van der Waals surface area (Å²) in [7, 11) is 0. The van der Waals surface area contributed by atoms with Gasteiger partial charge in [0.1, 0.15) is 0 Å². The molecule has 1 aromatic carbocycles. The van der Waals surface area contributed by atoms with Crippen molar-refractivity contribution in [3.63, 3.8) is 0 Å². The zero-order chi connectivity index (χ0) is 9.14. The number of hydrogen-bond acceptors (Lipinski definition) is 0. The molecule has 0 amide bonds. The van der Waals surface area contributed by atoms with Crippen LogP contribution >= 0.6 is 0 Å². The van der Waals surface area contributed by atoms with Crippen molar-refractivity contribution in [3.05, 3.63) is 41.0 Å². The van der Waals surface area contributed by atoms with Crippen LogP contribution in [0.25, 0.3) is 6.08 Å². The lowest BCUT2D eigenvalue weighted by Crippen LogP contribution is -1.90. The monoisotopic (exact) mass is 160 g/mol. The summed E-state index contributed by atoms with van der Waals surface area (Å²) in [4.78, 5) is 0. The van der Waals surface area contributed by atoms with E-state index in [2.05, 4.69) is 39.5 Å². The van der Waals surface area contributed by atoms with Gasteiger partial charge in [0.15, 0.2) is 0 Å². The van der Waals surface area contributed by atoms with Crippen molar-refractivity contribution >= 4 is 6.08 Å². The second kappa shape index (κ2) is 3.57. The highest BCUT2D eigenvalue weighted by Gasteiger charge is 1.99. The largest absolute Gasteiger partial charge is 0.0985 e. The van der Waals surface area contributed by atoms with Gasteiger partial charge in [-0.3, -0.25) is 0 Å². The second-order valence-electron chi connectivity index (χ2n) is 3.19. The van der Waals surface area contributed by atoms with Crippen molar-refractivity contribution in [2.45, 2.75) is 27.2 Å². The summed E-state index contributed by atoms with van der Waals surface area (Å²) in [5.74, 6) is 0. The Kier molecular flexibility index (Phi) is 2.69. The Labute approximate surface area is 74.9 Å². The predicted molar refractivity (Wildman–Crippen MR) is 55.4 cm³/mol. The summed E-state index contributed by atoms with van der Waals surface area (Å²) >= 11 is 0. The quantitative estimate of drug-likeness (QED) is 0.621. The Hall–Kier alpha value is -1.04. The molecule has 0 aliphatic carbocycles. The third kappa shape index (κ3) is 1.58. The van der Waals surface area contributed by atoms with Gasteiger partial charge >= 0.3 is 0 Å². The fraction of sp³-hybridized carbons (Fsp3) is 0.333. The molecule has 0 saturated carbocycles. The molecule has 0 bridgehead atoms. The highest BCUT2D eigenvalue weighted by atomic mass is 14.0. The number of aryl methyl sites for hydroxylation is 3. The first-order valence-corrected chi connectivity index (χ1v) is 4.41. The van der Waals surface area contributed by atoms with Crippen molar-refractivity contribution < 1.29 is 0 Å². The fourth-order valence-electron chi connectivity index (χ4n) is 1.50. The second-order valence-corrected chi connectivity index (χ2v) is 3.19. The molecule has 0 spiro atoms. The van der Waals surface area contributed by atoms with Crippen LogP contribution in [0.15, 0.2) is 18.7 Å². The highest BCUT2D eigenvalue weighted by Crippen LogP contribution is 2.17. The summed E-state index contributed by atoms with van der Waals surface area (Å²) in [5.41, 5.74) is 5.40. The Morgan fingerprint density at radius 3 is 2.42 bits per heavy atom. The Morgan fingerprint density at radius 2 is 1.92 bits per heavy atom. The molecule has 0 nitrogen and oxygen atoms in total. The summed E-state index contributed by atoms with van der Waals surface area (Å²) in [6, 6.07) is 4.47. The molecule has 0 fully saturated rings. The van der Waals surface area contributed by atoms with E-state index in [1.54, 1.807) is 0 Å². The standard InChI is InChI=1S/C12H16/c1-5-11-7-10(4)12(6-2)8-9(11)3/h5,7-8H,1,6H2,2-4H3. The van der Waals surface area contributed by atoms with E-state index in [1.165, 1.54) is 22.3 Å². The number of hydrogen-bond donors (Lipinski definition) is 0. The van der Waals surface area contributed by atoms with Gasteiger partial charge < -0.3 is 0 Å². The minimum atomic E-state index is 1.12. The van der Waals surface area contributed by atoms with E-state index in [0.717, 1.165) is 6.42 Å². The van der Waals surface area contributed by atoms with Gasteiger partial charge in [0.2, 0.25) is 0 Å². The normalized spacial score (nSPS) is 9.92. The molecule has 0 aromatic heterocycles. The Morgan fingerprint density at radius 1 is 1.25 bits per heavy atom. The van der Waals surface area contributed by atoms with E-state index in [-0.39, 0.29) is 0 Å². The zero-order valence-electron chi connectivity index (χ0n) is 8.15. The number of rotatable bonds is 2. The van der Waals surface area contributed by atoms with Crippen molar-refractivity contribution in [3.8, 4) is 0 Å². The Balaban J connectivity index is 3.25. The van der Waals surface area contributed by atoms with Crippen LogP contribution in [-0.4, -0.2) is 0 Å². The molecule has 12 heavy (non-hydrogen) atoms. The molecular formula is C12H16. The predicted octanol–water partition coefficient (Wildman–Crippen LogP) is 3.51. The molecule has 0 saturated heterocycles. The molecule has 0 heteroatoms. The minimum absolute atomic E-state index is 1.12. The molecule has 0 unspecified atom stereocenters. The fourth-order valence-corrected chi connectivity index (χ4v) is 1.50. The van der Waals surface area contributed by atoms with Gasteiger partial charge in [-0.15, -0.1) is 0 Å². The topological polar surface area (TPSA) is 0 Å². The van der Waals surface area contributed by atoms with E-state index in [0.29, 0.717) is 0 Å². The average Bonchev–Trinajstić information content (AvgIpc) is 2.08. The van der Waals surface area contributed by atoms with Gasteiger partial charge in [0, 0.05) is 0 Å². The molecule has 0 radical (unpaired) electrons. The molecule has 0 atom stereocenters. The van der Waals surface area contributed by atoms with E-state index in [4.69, 9.17) is 0 Å².